The van der Waals surface area contributed by atoms with E-state index in [1.807, 2.05) is 13.0 Å². The normalized spacial score (nSPS) is 10.8. The third-order valence-electron chi connectivity index (χ3n) is 2.72. The first kappa shape index (κ1) is 14.2. The zero-order chi connectivity index (χ0) is 12.8. The van der Waals surface area contributed by atoms with Crippen LogP contribution >= 0.6 is 15.9 Å². The number of hydrogen-bond donors (Lipinski definition) is 1. The molecule has 0 amide bonds. The van der Waals surface area contributed by atoms with Crippen LogP contribution in [-0.4, -0.2) is 29.1 Å². The monoisotopic (exact) mass is 299 g/mol. The Balaban J connectivity index is 2.60. The zero-order valence-electron chi connectivity index (χ0n) is 10.2. The lowest BCUT2D eigenvalue weighted by molar-refractivity contribution is -0.137. The van der Waals surface area contributed by atoms with Crippen molar-refractivity contribution in [2.24, 2.45) is 0 Å². The van der Waals surface area contributed by atoms with E-state index in [1.54, 1.807) is 0 Å². The maximum absolute atomic E-state index is 10.5. The third-order valence-corrected chi connectivity index (χ3v) is 3.61. The zero-order valence-corrected chi connectivity index (χ0v) is 11.8. The van der Waals surface area contributed by atoms with Crippen LogP contribution in [0.5, 0.6) is 0 Å². The van der Waals surface area contributed by atoms with Crippen LogP contribution in [0.25, 0.3) is 0 Å². The SMILES string of the molecule is CCN(CCC(=O)O)Cc1ccc(Br)c(C)c1. The standard InChI is InChI=1S/C13H18BrNO2/c1-3-15(7-6-13(16)17)9-11-4-5-12(14)10(2)8-11/h4-5,8H,3,6-7,9H2,1-2H3,(H,16,17). The third kappa shape index (κ3) is 4.88. The van der Waals surface area contributed by atoms with E-state index in [-0.39, 0.29) is 6.42 Å². The number of carboxylic acids is 1. The number of nitrogens with zero attached hydrogens (tertiary/aromatic N) is 1. The fourth-order valence-corrected chi connectivity index (χ4v) is 1.91. The number of aryl methyl sites for hydroxylation is 1. The molecule has 0 bridgehead atoms. The number of carboxylic acid groups (broad SMARTS) is 1. The smallest absolute Gasteiger partial charge is 0.304 e. The quantitative estimate of drug-likeness (QED) is 0.878. The first-order valence-corrected chi connectivity index (χ1v) is 6.51. The van der Waals surface area contributed by atoms with E-state index < -0.39 is 5.97 Å². The van der Waals surface area contributed by atoms with E-state index in [0.29, 0.717) is 6.54 Å². The van der Waals surface area contributed by atoms with Crippen molar-refractivity contribution in [3.05, 3.63) is 33.8 Å². The molecule has 1 N–H and O–H groups in total. The molecule has 94 valence electrons. The molecule has 1 rings (SSSR count). The van der Waals surface area contributed by atoms with Crippen LogP contribution in [0.3, 0.4) is 0 Å². The van der Waals surface area contributed by atoms with Crippen LogP contribution in [0.4, 0.5) is 0 Å². The fraction of sp³-hybridized carbons (Fsp3) is 0.462. The number of carbonyl (C=O) groups is 1. The van der Waals surface area contributed by atoms with Gasteiger partial charge in [-0.25, -0.2) is 0 Å². The van der Waals surface area contributed by atoms with Crippen LogP contribution < -0.4 is 0 Å². The Morgan fingerprint density at radius 2 is 2.18 bits per heavy atom. The highest BCUT2D eigenvalue weighted by Crippen LogP contribution is 2.18. The Hall–Kier alpha value is -0.870. The summed E-state index contributed by atoms with van der Waals surface area (Å²) in [6.45, 7) is 6.37. The van der Waals surface area contributed by atoms with Gasteiger partial charge in [-0.3, -0.25) is 9.69 Å². The van der Waals surface area contributed by atoms with Crippen LogP contribution in [0.15, 0.2) is 22.7 Å². The van der Waals surface area contributed by atoms with Crippen molar-refractivity contribution in [1.82, 2.24) is 4.90 Å². The van der Waals surface area contributed by atoms with E-state index in [0.717, 1.165) is 17.6 Å². The van der Waals surface area contributed by atoms with Crippen molar-refractivity contribution < 1.29 is 9.90 Å². The van der Waals surface area contributed by atoms with E-state index >= 15 is 0 Å². The fourth-order valence-electron chi connectivity index (χ4n) is 1.67. The molecular formula is C13H18BrNO2. The summed E-state index contributed by atoms with van der Waals surface area (Å²) in [5.41, 5.74) is 2.43. The van der Waals surface area contributed by atoms with E-state index in [9.17, 15) is 4.79 Å². The highest BCUT2D eigenvalue weighted by molar-refractivity contribution is 9.10. The molecule has 0 aliphatic rings. The minimum Gasteiger partial charge on any atom is -0.481 e. The van der Waals surface area contributed by atoms with Gasteiger partial charge in [-0.2, -0.15) is 0 Å². The van der Waals surface area contributed by atoms with Crippen molar-refractivity contribution >= 4 is 21.9 Å². The molecule has 0 aliphatic heterocycles. The Bertz CT molecular complexity index is 393. The molecule has 4 heteroatoms. The van der Waals surface area contributed by atoms with Crippen LogP contribution in [0.1, 0.15) is 24.5 Å². The predicted octanol–water partition coefficient (Wildman–Crippen LogP) is 3.05. The van der Waals surface area contributed by atoms with Gasteiger partial charge in [0.1, 0.15) is 0 Å². The van der Waals surface area contributed by atoms with Gasteiger partial charge in [-0.05, 0) is 30.7 Å². The molecule has 17 heavy (non-hydrogen) atoms. The molecule has 0 heterocycles. The maximum Gasteiger partial charge on any atom is 0.304 e. The summed E-state index contributed by atoms with van der Waals surface area (Å²) in [6.07, 6.45) is 0.198. The van der Waals surface area contributed by atoms with Crippen molar-refractivity contribution in [2.75, 3.05) is 13.1 Å². The van der Waals surface area contributed by atoms with Crippen molar-refractivity contribution in [2.45, 2.75) is 26.8 Å². The lowest BCUT2D eigenvalue weighted by atomic mass is 10.1. The molecule has 0 radical (unpaired) electrons. The molecular weight excluding hydrogens is 282 g/mol. The highest BCUT2D eigenvalue weighted by atomic mass is 79.9. The largest absolute Gasteiger partial charge is 0.481 e. The summed E-state index contributed by atoms with van der Waals surface area (Å²) in [4.78, 5) is 12.7. The van der Waals surface area contributed by atoms with Crippen molar-refractivity contribution in [3.8, 4) is 0 Å². The number of benzene rings is 1. The molecule has 0 unspecified atom stereocenters. The second-order valence-corrected chi connectivity index (χ2v) is 4.95. The molecule has 0 spiro atoms. The van der Waals surface area contributed by atoms with Gasteiger partial charge in [0.25, 0.3) is 0 Å². The van der Waals surface area contributed by atoms with Gasteiger partial charge >= 0.3 is 5.97 Å². The van der Waals surface area contributed by atoms with E-state index in [4.69, 9.17) is 5.11 Å². The Morgan fingerprint density at radius 3 is 2.71 bits per heavy atom. The van der Waals surface area contributed by atoms with Gasteiger partial charge < -0.3 is 5.11 Å². The number of hydrogen-bond acceptors (Lipinski definition) is 2. The van der Waals surface area contributed by atoms with Gasteiger partial charge in [-0.15, -0.1) is 0 Å². The van der Waals surface area contributed by atoms with Gasteiger partial charge in [0, 0.05) is 17.6 Å². The van der Waals surface area contributed by atoms with Crippen LogP contribution in [0.2, 0.25) is 0 Å². The predicted molar refractivity (Wildman–Crippen MR) is 72.1 cm³/mol. The summed E-state index contributed by atoms with van der Waals surface area (Å²) in [5.74, 6) is -0.740. The van der Waals surface area contributed by atoms with Gasteiger partial charge in [0.05, 0.1) is 6.42 Å². The highest BCUT2D eigenvalue weighted by Gasteiger charge is 2.07. The first-order chi connectivity index (χ1) is 8.02. The molecule has 0 saturated heterocycles. The van der Waals surface area contributed by atoms with Crippen molar-refractivity contribution in [3.63, 3.8) is 0 Å². The molecule has 1 aromatic rings. The minimum atomic E-state index is -0.740. The second-order valence-electron chi connectivity index (χ2n) is 4.10. The Morgan fingerprint density at radius 1 is 1.47 bits per heavy atom. The molecule has 3 nitrogen and oxygen atoms in total. The summed E-state index contributed by atoms with van der Waals surface area (Å²) in [7, 11) is 0. The Kier molecular flexibility index (Phi) is 5.65. The average Bonchev–Trinajstić information content (AvgIpc) is 2.28. The second kappa shape index (κ2) is 6.77. The lowest BCUT2D eigenvalue weighted by Gasteiger charge is -2.19. The molecule has 0 saturated carbocycles. The van der Waals surface area contributed by atoms with Crippen LogP contribution in [-0.2, 0) is 11.3 Å². The van der Waals surface area contributed by atoms with Crippen LogP contribution in [0, 0.1) is 6.92 Å². The van der Waals surface area contributed by atoms with E-state index in [1.165, 1.54) is 11.1 Å². The average molecular weight is 300 g/mol. The van der Waals surface area contributed by atoms with Gasteiger partial charge in [0.2, 0.25) is 0 Å². The Labute approximate surface area is 111 Å². The summed E-state index contributed by atoms with van der Waals surface area (Å²) in [5, 5.41) is 8.67. The maximum atomic E-state index is 10.5. The molecule has 0 aromatic heterocycles. The summed E-state index contributed by atoms with van der Waals surface area (Å²) in [6, 6.07) is 6.24. The molecule has 1 aromatic carbocycles. The van der Waals surface area contributed by atoms with Crippen molar-refractivity contribution in [1.29, 1.82) is 0 Å². The molecule has 0 fully saturated rings. The minimum absolute atomic E-state index is 0.198. The topological polar surface area (TPSA) is 40.5 Å². The number of aliphatic carboxylic acids is 1. The number of rotatable bonds is 6. The van der Waals surface area contributed by atoms with E-state index in [2.05, 4.69) is 39.9 Å². The van der Waals surface area contributed by atoms with Gasteiger partial charge in [-0.1, -0.05) is 35.0 Å². The molecule has 0 aliphatic carbocycles. The first-order valence-electron chi connectivity index (χ1n) is 5.72. The lowest BCUT2D eigenvalue weighted by Crippen LogP contribution is -2.25. The summed E-state index contributed by atoms with van der Waals surface area (Å²) < 4.78 is 1.11. The van der Waals surface area contributed by atoms with Gasteiger partial charge in [0.15, 0.2) is 0 Å². The number of halogens is 1. The summed E-state index contributed by atoms with van der Waals surface area (Å²) >= 11 is 3.47. The molecule has 0 atom stereocenters.